The van der Waals surface area contributed by atoms with E-state index in [4.69, 9.17) is 5.26 Å². The zero-order chi connectivity index (χ0) is 12.0. The van der Waals surface area contributed by atoms with E-state index in [0.717, 1.165) is 24.8 Å². The van der Waals surface area contributed by atoms with Gasteiger partial charge in [0.25, 0.3) is 0 Å². The monoisotopic (exact) mass is 238 g/mol. The second-order valence-corrected chi connectivity index (χ2v) is 5.00. The van der Waals surface area contributed by atoms with Gasteiger partial charge in [0.1, 0.15) is 0 Å². The van der Waals surface area contributed by atoms with Gasteiger partial charge in [-0.3, -0.25) is 4.90 Å². The second-order valence-electron chi connectivity index (χ2n) is 3.89. The molecule has 0 amide bonds. The fraction of sp³-hybridized carbons (Fsp3) is 0.636. The summed E-state index contributed by atoms with van der Waals surface area (Å²) < 4.78 is 0. The fourth-order valence-electron chi connectivity index (χ4n) is 1.45. The van der Waals surface area contributed by atoms with Crippen LogP contribution in [0.1, 0.15) is 18.7 Å². The zero-order valence-corrected chi connectivity index (χ0v) is 10.8. The number of hydrogen-bond acceptors (Lipinski definition) is 5. The van der Waals surface area contributed by atoms with Gasteiger partial charge in [-0.2, -0.15) is 5.26 Å². The van der Waals surface area contributed by atoms with Crippen LogP contribution in [-0.4, -0.2) is 30.0 Å². The minimum absolute atomic E-state index is 0.0751. The minimum atomic E-state index is 0.0751. The summed E-state index contributed by atoms with van der Waals surface area (Å²) >= 11 is 1.67. The predicted molar refractivity (Wildman–Crippen MR) is 67.4 cm³/mol. The molecule has 88 valence electrons. The molecule has 1 unspecified atom stereocenters. The highest BCUT2D eigenvalue weighted by molar-refractivity contribution is 7.15. The summed E-state index contributed by atoms with van der Waals surface area (Å²) in [4.78, 5) is 7.65. The van der Waals surface area contributed by atoms with Crippen LogP contribution in [0.5, 0.6) is 0 Å². The van der Waals surface area contributed by atoms with Gasteiger partial charge in [0, 0.05) is 30.7 Å². The summed E-state index contributed by atoms with van der Waals surface area (Å²) in [5.74, 6) is 0.0751. The lowest BCUT2D eigenvalue weighted by Gasteiger charge is -2.16. The van der Waals surface area contributed by atoms with E-state index in [1.807, 2.05) is 20.2 Å². The highest BCUT2D eigenvalue weighted by Crippen LogP contribution is 2.19. The Hall–Kier alpha value is -1.12. The van der Waals surface area contributed by atoms with Gasteiger partial charge in [0.2, 0.25) is 0 Å². The van der Waals surface area contributed by atoms with Crippen molar-refractivity contribution in [1.82, 2.24) is 9.88 Å². The number of aromatic nitrogens is 1. The molecule has 4 nitrogen and oxygen atoms in total. The number of thiazole rings is 1. The van der Waals surface area contributed by atoms with Crippen molar-refractivity contribution in [3.05, 3.63) is 11.1 Å². The lowest BCUT2D eigenvalue weighted by atomic mass is 10.2. The molecule has 0 spiro atoms. The molecular weight excluding hydrogens is 220 g/mol. The summed E-state index contributed by atoms with van der Waals surface area (Å²) in [5, 5.41) is 12.9. The van der Waals surface area contributed by atoms with Gasteiger partial charge in [-0.1, -0.05) is 0 Å². The minimum Gasteiger partial charge on any atom is -0.362 e. The molecule has 0 saturated carbocycles. The molecule has 0 radical (unpaired) electrons. The number of nitriles is 1. The van der Waals surface area contributed by atoms with Crippen molar-refractivity contribution in [3.8, 4) is 6.07 Å². The van der Waals surface area contributed by atoms with Gasteiger partial charge >= 0.3 is 0 Å². The first-order chi connectivity index (χ1) is 7.65. The van der Waals surface area contributed by atoms with E-state index in [9.17, 15) is 0 Å². The Balaban J connectivity index is 2.43. The van der Waals surface area contributed by atoms with Crippen molar-refractivity contribution in [2.75, 3.05) is 25.5 Å². The maximum atomic E-state index is 8.73. The van der Waals surface area contributed by atoms with Crippen LogP contribution in [0.25, 0.3) is 0 Å². The third-order valence-corrected chi connectivity index (χ3v) is 3.05. The normalized spacial score (nSPS) is 12.4. The molecule has 1 heterocycles. The number of nitrogens with one attached hydrogen (secondary N) is 1. The van der Waals surface area contributed by atoms with E-state index in [0.29, 0.717) is 0 Å². The first-order valence-electron chi connectivity index (χ1n) is 5.42. The van der Waals surface area contributed by atoms with Crippen LogP contribution in [0, 0.1) is 17.2 Å². The number of rotatable bonds is 6. The highest BCUT2D eigenvalue weighted by Gasteiger charge is 2.08. The Morgan fingerprint density at radius 1 is 1.69 bits per heavy atom. The van der Waals surface area contributed by atoms with Crippen LogP contribution < -0.4 is 5.32 Å². The van der Waals surface area contributed by atoms with E-state index in [1.165, 1.54) is 4.88 Å². The van der Waals surface area contributed by atoms with Crippen molar-refractivity contribution in [1.29, 1.82) is 5.26 Å². The lowest BCUT2D eigenvalue weighted by molar-refractivity contribution is 0.305. The van der Waals surface area contributed by atoms with E-state index in [2.05, 4.69) is 28.2 Å². The number of anilines is 1. The van der Waals surface area contributed by atoms with E-state index in [1.54, 1.807) is 11.3 Å². The average molecular weight is 238 g/mol. The standard InChI is InChI=1S/C11H18N4S/c1-4-13-11-14-6-10(16-11)8-15(3)7-9(2)5-12/h6,9H,4,7-8H2,1-3H3,(H,13,14). The van der Waals surface area contributed by atoms with E-state index >= 15 is 0 Å². The predicted octanol–water partition coefficient (Wildman–Crippen LogP) is 2.17. The topological polar surface area (TPSA) is 52.0 Å². The molecule has 0 aliphatic carbocycles. The van der Waals surface area contributed by atoms with Crippen molar-refractivity contribution >= 4 is 16.5 Å². The quantitative estimate of drug-likeness (QED) is 0.825. The zero-order valence-electron chi connectivity index (χ0n) is 10.0. The first-order valence-corrected chi connectivity index (χ1v) is 6.24. The smallest absolute Gasteiger partial charge is 0.182 e. The van der Waals surface area contributed by atoms with Crippen LogP contribution in [-0.2, 0) is 6.54 Å². The Morgan fingerprint density at radius 2 is 2.44 bits per heavy atom. The SMILES string of the molecule is CCNc1ncc(CN(C)CC(C)C#N)s1. The third-order valence-electron chi connectivity index (χ3n) is 2.11. The molecule has 5 heteroatoms. The molecular formula is C11H18N4S. The average Bonchev–Trinajstić information content (AvgIpc) is 2.65. The highest BCUT2D eigenvalue weighted by atomic mass is 32.1. The maximum Gasteiger partial charge on any atom is 0.182 e. The Labute approximate surface area is 101 Å². The van der Waals surface area contributed by atoms with Gasteiger partial charge < -0.3 is 5.32 Å². The molecule has 0 saturated heterocycles. The summed E-state index contributed by atoms with van der Waals surface area (Å²) in [5.41, 5.74) is 0. The summed E-state index contributed by atoms with van der Waals surface area (Å²) in [7, 11) is 2.03. The van der Waals surface area contributed by atoms with Gasteiger partial charge in [-0.25, -0.2) is 4.98 Å². The Kier molecular flexibility index (Phi) is 5.23. The fourth-order valence-corrected chi connectivity index (χ4v) is 2.41. The van der Waals surface area contributed by atoms with Gasteiger partial charge in [-0.05, 0) is 20.9 Å². The molecule has 1 atom stereocenters. The summed E-state index contributed by atoms with van der Waals surface area (Å²) in [6.07, 6.45) is 1.90. The summed E-state index contributed by atoms with van der Waals surface area (Å²) in [6.45, 7) is 6.54. The van der Waals surface area contributed by atoms with Crippen LogP contribution in [0.3, 0.4) is 0 Å². The largest absolute Gasteiger partial charge is 0.362 e. The van der Waals surface area contributed by atoms with Crippen LogP contribution in [0.4, 0.5) is 5.13 Å². The Bertz CT molecular complexity index is 355. The van der Waals surface area contributed by atoms with Crippen LogP contribution >= 0.6 is 11.3 Å². The molecule has 0 bridgehead atoms. The molecule has 0 aliphatic heterocycles. The molecule has 1 aromatic heterocycles. The van der Waals surface area contributed by atoms with Crippen LogP contribution in [0.2, 0.25) is 0 Å². The molecule has 1 aromatic rings. The molecule has 0 fully saturated rings. The van der Waals surface area contributed by atoms with Crippen LogP contribution in [0.15, 0.2) is 6.20 Å². The summed E-state index contributed by atoms with van der Waals surface area (Å²) in [6, 6.07) is 2.24. The maximum absolute atomic E-state index is 8.73. The molecule has 16 heavy (non-hydrogen) atoms. The van der Waals surface area contributed by atoms with Gasteiger partial charge in [0.15, 0.2) is 5.13 Å². The van der Waals surface area contributed by atoms with Crippen molar-refractivity contribution < 1.29 is 0 Å². The number of nitrogens with zero attached hydrogens (tertiary/aromatic N) is 3. The third kappa shape index (κ3) is 4.17. The van der Waals surface area contributed by atoms with E-state index in [-0.39, 0.29) is 5.92 Å². The van der Waals surface area contributed by atoms with Gasteiger partial charge in [0.05, 0.1) is 12.0 Å². The van der Waals surface area contributed by atoms with E-state index < -0.39 is 0 Å². The van der Waals surface area contributed by atoms with Crippen molar-refractivity contribution in [2.45, 2.75) is 20.4 Å². The molecule has 1 rings (SSSR count). The Morgan fingerprint density at radius 3 is 3.06 bits per heavy atom. The first kappa shape index (κ1) is 12.9. The number of hydrogen-bond donors (Lipinski definition) is 1. The van der Waals surface area contributed by atoms with Crippen molar-refractivity contribution in [3.63, 3.8) is 0 Å². The second kappa shape index (κ2) is 6.46. The van der Waals surface area contributed by atoms with Crippen molar-refractivity contribution in [2.24, 2.45) is 5.92 Å². The molecule has 0 aromatic carbocycles. The lowest BCUT2D eigenvalue weighted by Crippen LogP contribution is -2.22. The molecule has 0 aliphatic rings. The molecule has 1 N–H and O–H groups in total. The van der Waals surface area contributed by atoms with Gasteiger partial charge in [-0.15, -0.1) is 11.3 Å².